The first kappa shape index (κ1) is 14.8. The first-order valence-electron chi connectivity index (χ1n) is 8.44. The van der Waals surface area contributed by atoms with Crippen LogP contribution in [-0.2, 0) is 9.47 Å². The fraction of sp³-hybridized carbons (Fsp3) is 1.00. The van der Waals surface area contributed by atoms with E-state index in [-0.39, 0.29) is 11.1 Å². The lowest BCUT2D eigenvalue weighted by atomic mass is 9.60. The van der Waals surface area contributed by atoms with Crippen LogP contribution in [-0.4, -0.2) is 31.0 Å². The summed E-state index contributed by atoms with van der Waals surface area (Å²) in [6, 6.07) is 0. The van der Waals surface area contributed by atoms with Gasteiger partial charge in [0, 0.05) is 25.4 Å². The predicted molar refractivity (Wildman–Crippen MR) is 80.6 cm³/mol. The minimum absolute atomic E-state index is 0.0385. The lowest BCUT2D eigenvalue weighted by Crippen LogP contribution is -2.57. The fourth-order valence-electron chi connectivity index (χ4n) is 4.92. The van der Waals surface area contributed by atoms with E-state index in [0.29, 0.717) is 11.3 Å². The van der Waals surface area contributed by atoms with Crippen molar-refractivity contribution in [2.45, 2.75) is 76.4 Å². The summed E-state index contributed by atoms with van der Waals surface area (Å²) in [7, 11) is 0. The molecule has 0 aromatic rings. The van der Waals surface area contributed by atoms with Gasteiger partial charge in [0.1, 0.15) is 0 Å². The zero-order valence-corrected chi connectivity index (χ0v) is 13.2. The van der Waals surface area contributed by atoms with Crippen molar-refractivity contribution in [2.75, 3.05) is 19.8 Å². The molecule has 3 nitrogen and oxygen atoms in total. The van der Waals surface area contributed by atoms with Gasteiger partial charge in [0.15, 0.2) is 0 Å². The molecule has 0 aromatic heterocycles. The van der Waals surface area contributed by atoms with Gasteiger partial charge >= 0.3 is 0 Å². The summed E-state index contributed by atoms with van der Waals surface area (Å²) in [5.74, 6) is 0.633. The van der Waals surface area contributed by atoms with E-state index in [1.54, 1.807) is 0 Å². The Balaban J connectivity index is 1.72. The molecule has 2 aliphatic heterocycles. The van der Waals surface area contributed by atoms with E-state index in [0.717, 1.165) is 45.5 Å². The number of nitrogens with two attached hydrogens (primary N) is 1. The normalized spacial score (nSPS) is 40.6. The summed E-state index contributed by atoms with van der Waals surface area (Å²) in [6.07, 6.45) is 9.42. The van der Waals surface area contributed by atoms with Crippen LogP contribution in [0.15, 0.2) is 0 Å². The Morgan fingerprint density at radius 2 is 1.75 bits per heavy atom. The molecule has 1 spiro atoms. The third kappa shape index (κ3) is 2.90. The molecule has 3 fully saturated rings. The van der Waals surface area contributed by atoms with E-state index >= 15 is 0 Å². The van der Waals surface area contributed by atoms with Crippen molar-refractivity contribution >= 4 is 0 Å². The van der Waals surface area contributed by atoms with E-state index < -0.39 is 0 Å². The molecule has 2 atom stereocenters. The van der Waals surface area contributed by atoms with Crippen molar-refractivity contribution in [3.63, 3.8) is 0 Å². The van der Waals surface area contributed by atoms with E-state index in [1.807, 2.05) is 0 Å². The highest BCUT2D eigenvalue weighted by molar-refractivity contribution is 5.03. The van der Waals surface area contributed by atoms with Gasteiger partial charge < -0.3 is 15.2 Å². The average Bonchev–Trinajstić information content (AvgIpc) is 2.38. The van der Waals surface area contributed by atoms with Crippen LogP contribution in [0.3, 0.4) is 0 Å². The van der Waals surface area contributed by atoms with Crippen LogP contribution in [0.1, 0.15) is 65.2 Å². The second-order valence-corrected chi connectivity index (χ2v) is 8.26. The van der Waals surface area contributed by atoms with Crippen LogP contribution in [0.4, 0.5) is 0 Å². The second-order valence-electron chi connectivity index (χ2n) is 8.26. The van der Waals surface area contributed by atoms with Gasteiger partial charge in [-0.25, -0.2) is 0 Å². The summed E-state index contributed by atoms with van der Waals surface area (Å²) in [4.78, 5) is 0. The SMILES string of the molecule is CC1(C)CCCC(N)(C2CCOC3(CCOCC3)C2)C1. The third-order valence-electron chi connectivity index (χ3n) is 6.01. The Labute approximate surface area is 123 Å². The van der Waals surface area contributed by atoms with Crippen molar-refractivity contribution < 1.29 is 9.47 Å². The van der Waals surface area contributed by atoms with Crippen LogP contribution >= 0.6 is 0 Å². The molecule has 2 heterocycles. The van der Waals surface area contributed by atoms with E-state index in [1.165, 1.54) is 25.7 Å². The summed E-state index contributed by atoms with van der Waals surface area (Å²) in [6.45, 7) is 7.38. The number of rotatable bonds is 1. The number of hydrogen-bond donors (Lipinski definition) is 1. The van der Waals surface area contributed by atoms with Gasteiger partial charge in [-0.1, -0.05) is 20.3 Å². The molecule has 20 heavy (non-hydrogen) atoms. The smallest absolute Gasteiger partial charge is 0.0729 e. The maximum absolute atomic E-state index is 6.91. The lowest BCUT2D eigenvalue weighted by molar-refractivity contribution is -0.158. The highest BCUT2D eigenvalue weighted by Gasteiger charge is 2.48. The first-order valence-corrected chi connectivity index (χ1v) is 8.44. The van der Waals surface area contributed by atoms with E-state index in [2.05, 4.69) is 13.8 Å². The fourth-order valence-corrected chi connectivity index (χ4v) is 4.92. The maximum atomic E-state index is 6.91. The maximum Gasteiger partial charge on any atom is 0.0729 e. The Bertz CT molecular complexity index is 343. The Kier molecular flexibility index (Phi) is 3.89. The van der Waals surface area contributed by atoms with Crippen LogP contribution in [0.25, 0.3) is 0 Å². The van der Waals surface area contributed by atoms with Crippen LogP contribution in [0.5, 0.6) is 0 Å². The molecule has 1 aliphatic carbocycles. The predicted octanol–water partition coefficient (Wildman–Crippen LogP) is 3.26. The third-order valence-corrected chi connectivity index (χ3v) is 6.01. The standard InChI is InChI=1S/C17H31NO2/c1-15(2)5-3-6-17(18,13-15)14-4-9-20-16(12-14)7-10-19-11-8-16/h14H,3-13,18H2,1-2H3. The topological polar surface area (TPSA) is 44.5 Å². The Morgan fingerprint density at radius 3 is 2.45 bits per heavy atom. The summed E-state index contributed by atoms with van der Waals surface area (Å²) in [5.41, 5.74) is 7.44. The minimum Gasteiger partial charge on any atom is -0.381 e. The molecule has 3 rings (SSSR count). The molecular weight excluding hydrogens is 250 g/mol. The molecule has 2 N–H and O–H groups in total. The molecule has 0 amide bonds. The van der Waals surface area contributed by atoms with E-state index in [4.69, 9.17) is 15.2 Å². The molecular formula is C17H31NO2. The van der Waals surface area contributed by atoms with Crippen molar-refractivity contribution in [1.29, 1.82) is 0 Å². The molecule has 2 saturated heterocycles. The zero-order valence-electron chi connectivity index (χ0n) is 13.2. The minimum atomic E-state index is 0.0385. The zero-order chi connectivity index (χ0) is 14.3. The van der Waals surface area contributed by atoms with Gasteiger partial charge in [-0.2, -0.15) is 0 Å². The van der Waals surface area contributed by atoms with Gasteiger partial charge in [-0.3, -0.25) is 0 Å². The Morgan fingerprint density at radius 1 is 1.00 bits per heavy atom. The summed E-state index contributed by atoms with van der Waals surface area (Å²) < 4.78 is 11.7. The number of ether oxygens (including phenoxy) is 2. The summed E-state index contributed by atoms with van der Waals surface area (Å²) in [5, 5.41) is 0. The largest absolute Gasteiger partial charge is 0.381 e. The molecule has 0 bridgehead atoms. The van der Waals surface area contributed by atoms with Crippen molar-refractivity contribution in [2.24, 2.45) is 17.1 Å². The highest BCUT2D eigenvalue weighted by atomic mass is 16.5. The van der Waals surface area contributed by atoms with Crippen LogP contribution in [0.2, 0.25) is 0 Å². The van der Waals surface area contributed by atoms with Crippen LogP contribution < -0.4 is 5.73 Å². The quantitative estimate of drug-likeness (QED) is 0.802. The molecule has 2 unspecified atom stereocenters. The van der Waals surface area contributed by atoms with Gasteiger partial charge in [0.25, 0.3) is 0 Å². The van der Waals surface area contributed by atoms with Crippen molar-refractivity contribution in [3.8, 4) is 0 Å². The van der Waals surface area contributed by atoms with Gasteiger partial charge in [-0.05, 0) is 56.3 Å². The lowest BCUT2D eigenvalue weighted by Gasteiger charge is -2.52. The van der Waals surface area contributed by atoms with Gasteiger partial charge in [-0.15, -0.1) is 0 Å². The Hall–Kier alpha value is -0.120. The molecule has 0 radical (unpaired) electrons. The van der Waals surface area contributed by atoms with Gasteiger partial charge in [0.2, 0.25) is 0 Å². The molecule has 3 aliphatic rings. The molecule has 3 heteroatoms. The highest BCUT2D eigenvalue weighted by Crippen LogP contribution is 2.48. The van der Waals surface area contributed by atoms with Crippen LogP contribution in [0, 0.1) is 11.3 Å². The second kappa shape index (κ2) is 5.26. The molecule has 0 aromatic carbocycles. The van der Waals surface area contributed by atoms with Crippen molar-refractivity contribution in [1.82, 2.24) is 0 Å². The van der Waals surface area contributed by atoms with Gasteiger partial charge in [0.05, 0.1) is 5.60 Å². The van der Waals surface area contributed by atoms with E-state index in [9.17, 15) is 0 Å². The monoisotopic (exact) mass is 281 g/mol. The molecule has 1 saturated carbocycles. The first-order chi connectivity index (χ1) is 9.43. The number of hydrogen-bond acceptors (Lipinski definition) is 3. The van der Waals surface area contributed by atoms with Crippen molar-refractivity contribution in [3.05, 3.63) is 0 Å². The molecule has 116 valence electrons. The average molecular weight is 281 g/mol. The summed E-state index contributed by atoms with van der Waals surface area (Å²) >= 11 is 0.